The van der Waals surface area contributed by atoms with Gasteiger partial charge in [0.15, 0.2) is 0 Å². The van der Waals surface area contributed by atoms with Crippen LogP contribution >= 0.6 is 11.6 Å². The second-order valence-corrected chi connectivity index (χ2v) is 8.42. The number of hydrogen-bond acceptors (Lipinski definition) is 1. The molecule has 0 unspecified atom stereocenters. The summed E-state index contributed by atoms with van der Waals surface area (Å²) in [6.45, 7) is 4.35. The highest BCUT2D eigenvalue weighted by atomic mass is 35.5. The van der Waals surface area contributed by atoms with Gasteiger partial charge in [-0.05, 0) is 85.4 Å². The van der Waals surface area contributed by atoms with E-state index in [0.717, 1.165) is 49.0 Å². The van der Waals surface area contributed by atoms with Crippen LogP contribution in [0, 0.1) is 13.8 Å². The molecule has 0 aliphatic carbocycles. The Hall–Kier alpha value is -2.38. The van der Waals surface area contributed by atoms with E-state index < -0.39 is 0 Å². The molecular formula is C27H29ClO. The average Bonchev–Trinajstić information content (AvgIpc) is 2.73. The Morgan fingerprint density at radius 2 is 1.62 bits per heavy atom. The maximum Gasteiger partial charge on any atom is 0.150 e. The highest BCUT2D eigenvalue weighted by molar-refractivity contribution is 6.30. The average molecular weight is 405 g/mol. The van der Waals surface area contributed by atoms with E-state index >= 15 is 0 Å². The Bertz CT molecular complexity index is 943. The number of hydrogen-bond donors (Lipinski definition) is 0. The molecule has 3 rings (SSSR count). The summed E-state index contributed by atoms with van der Waals surface area (Å²) >= 11 is 6.28. The minimum Gasteiger partial charge on any atom is -0.298 e. The van der Waals surface area contributed by atoms with Crippen molar-refractivity contribution in [1.29, 1.82) is 0 Å². The third-order valence-electron chi connectivity index (χ3n) is 5.76. The molecule has 0 aliphatic heterocycles. The van der Waals surface area contributed by atoms with E-state index in [1.165, 1.54) is 27.8 Å². The molecule has 0 bridgehead atoms. The molecule has 0 spiro atoms. The van der Waals surface area contributed by atoms with Gasteiger partial charge in [0.2, 0.25) is 0 Å². The standard InChI is InChI=1S/C27H29ClO/c1-20-10-11-24(16-21(20)2)17-25(26-8-5-9-27(28)18-26)7-4-3-6-22-12-14-23(19-29)15-13-22/h5,8-16,18-19,25H,3-4,6-7,17H2,1-2H3/t25-/m1/s1. The van der Waals surface area contributed by atoms with Crippen molar-refractivity contribution in [2.24, 2.45) is 0 Å². The number of carbonyl (C=O) groups excluding carboxylic acids is 1. The van der Waals surface area contributed by atoms with Crippen molar-refractivity contribution in [3.63, 3.8) is 0 Å². The van der Waals surface area contributed by atoms with Crippen LogP contribution in [-0.2, 0) is 12.8 Å². The van der Waals surface area contributed by atoms with E-state index in [9.17, 15) is 4.79 Å². The van der Waals surface area contributed by atoms with Crippen LogP contribution in [0.3, 0.4) is 0 Å². The molecule has 0 aliphatic rings. The van der Waals surface area contributed by atoms with E-state index in [2.05, 4.69) is 62.4 Å². The Kier molecular flexibility index (Phi) is 7.66. The van der Waals surface area contributed by atoms with Crippen LogP contribution in [-0.4, -0.2) is 6.29 Å². The van der Waals surface area contributed by atoms with Crippen molar-refractivity contribution >= 4 is 17.9 Å². The molecule has 3 aromatic carbocycles. The molecule has 0 aromatic heterocycles. The Morgan fingerprint density at radius 3 is 2.31 bits per heavy atom. The van der Waals surface area contributed by atoms with Crippen LogP contribution < -0.4 is 0 Å². The fraction of sp³-hybridized carbons (Fsp3) is 0.296. The topological polar surface area (TPSA) is 17.1 Å². The lowest BCUT2D eigenvalue weighted by atomic mass is 9.86. The first-order valence-corrected chi connectivity index (χ1v) is 10.8. The van der Waals surface area contributed by atoms with Crippen molar-refractivity contribution in [3.8, 4) is 0 Å². The molecule has 29 heavy (non-hydrogen) atoms. The fourth-order valence-electron chi connectivity index (χ4n) is 3.84. The lowest BCUT2D eigenvalue weighted by Crippen LogP contribution is -2.04. The van der Waals surface area contributed by atoms with E-state index in [1.54, 1.807) is 0 Å². The molecule has 0 N–H and O–H groups in total. The van der Waals surface area contributed by atoms with Gasteiger partial charge in [-0.1, -0.05) is 72.6 Å². The number of rotatable bonds is 9. The van der Waals surface area contributed by atoms with Gasteiger partial charge in [0.25, 0.3) is 0 Å². The number of aldehydes is 1. The Morgan fingerprint density at radius 1 is 0.862 bits per heavy atom. The molecular weight excluding hydrogens is 376 g/mol. The largest absolute Gasteiger partial charge is 0.298 e. The van der Waals surface area contributed by atoms with Gasteiger partial charge in [0.1, 0.15) is 6.29 Å². The quantitative estimate of drug-likeness (QED) is 0.266. The molecule has 1 atom stereocenters. The van der Waals surface area contributed by atoms with Gasteiger partial charge in [0.05, 0.1) is 0 Å². The summed E-state index contributed by atoms with van der Waals surface area (Å²) in [6.07, 6.45) is 6.42. The SMILES string of the molecule is Cc1ccc(C[C@@H](CCCCc2ccc(C=O)cc2)c2cccc(Cl)c2)cc1C. The van der Waals surface area contributed by atoms with Crippen LogP contribution in [0.5, 0.6) is 0 Å². The number of aryl methyl sites for hydroxylation is 3. The lowest BCUT2D eigenvalue weighted by molar-refractivity contribution is 0.112. The first-order chi connectivity index (χ1) is 14.0. The predicted molar refractivity (Wildman–Crippen MR) is 123 cm³/mol. The van der Waals surface area contributed by atoms with Gasteiger partial charge in [0, 0.05) is 10.6 Å². The molecule has 0 amide bonds. The van der Waals surface area contributed by atoms with Crippen LogP contribution in [0.25, 0.3) is 0 Å². The molecule has 1 nitrogen and oxygen atoms in total. The van der Waals surface area contributed by atoms with Crippen molar-refractivity contribution in [3.05, 3.63) is 105 Å². The molecule has 0 saturated carbocycles. The maximum absolute atomic E-state index is 10.8. The van der Waals surface area contributed by atoms with Crippen molar-refractivity contribution < 1.29 is 4.79 Å². The van der Waals surface area contributed by atoms with Crippen LogP contribution in [0.15, 0.2) is 66.7 Å². The predicted octanol–water partition coefficient (Wildman–Crippen LogP) is 7.51. The lowest BCUT2D eigenvalue weighted by Gasteiger charge is -2.19. The van der Waals surface area contributed by atoms with Gasteiger partial charge < -0.3 is 0 Å². The summed E-state index contributed by atoms with van der Waals surface area (Å²) in [5.74, 6) is 0.466. The van der Waals surface area contributed by atoms with Crippen molar-refractivity contribution in [2.45, 2.75) is 51.9 Å². The number of benzene rings is 3. The summed E-state index contributed by atoms with van der Waals surface area (Å²) in [7, 11) is 0. The minimum absolute atomic E-state index is 0.466. The first-order valence-electron chi connectivity index (χ1n) is 10.4. The highest BCUT2D eigenvalue weighted by Gasteiger charge is 2.13. The molecule has 0 saturated heterocycles. The Balaban J connectivity index is 1.64. The third-order valence-corrected chi connectivity index (χ3v) is 5.99. The molecule has 3 aromatic rings. The van der Waals surface area contributed by atoms with Crippen LogP contribution in [0.4, 0.5) is 0 Å². The molecule has 0 fully saturated rings. The third kappa shape index (κ3) is 6.30. The van der Waals surface area contributed by atoms with Crippen molar-refractivity contribution in [1.82, 2.24) is 0 Å². The highest BCUT2D eigenvalue weighted by Crippen LogP contribution is 2.29. The van der Waals surface area contributed by atoms with Gasteiger partial charge in [-0.3, -0.25) is 4.79 Å². The molecule has 150 valence electrons. The zero-order valence-corrected chi connectivity index (χ0v) is 18.1. The summed E-state index contributed by atoms with van der Waals surface area (Å²) < 4.78 is 0. The van der Waals surface area contributed by atoms with Gasteiger partial charge >= 0.3 is 0 Å². The van der Waals surface area contributed by atoms with Gasteiger partial charge in [-0.2, -0.15) is 0 Å². The van der Waals surface area contributed by atoms with E-state index in [1.807, 2.05) is 18.2 Å². The van der Waals surface area contributed by atoms with E-state index in [-0.39, 0.29) is 0 Å². The normalized spacial score (nSPS) is 12.0. The smallest absolute Gasteiger partial charge is 0.150 e. The number of halogens is 1. The van der Waals surface area contributed by atoms with Crippen molar-refractivity contribution in [2.75, 3.05) is 0 Å². The summed E-state index contributed by atoms with van der Waals surface area (Å²) in [5.41, 5.74) is 7.44. The molecule has 2 heteroatoms. The maximum atomic E-state index is 10.8. The number of carbonyl (C=O) groups is 1. The summed E-state index contributed by atoms with van der Waals surface area (Å²) in [6, 6.07) is 23.1. The minimum atomic E-state index is 0.466. The van der Waals surface area contributed by atoms with Crippen LogP contribution in [0.2, 0.25) is 5.02 Å². The van der Waals surface area contributed by atoms with Gasteiger partial charge in [-0.15, -0.1) is 0 Å². The second-order valence-electron chi connectivity index (χ2n) is 7.98. The molecule has 0 radical (unpaired) electrons. The zero-order chi connectivity index (χ0) is 20.6. The summed E-state index contributed by atoms with van der Waals surface area (Å²) in [5, 5.41) is 0.808. The number of unbranched alkanes of at least 4 members (excludes halogenated alkanes) is 1. The Labute approximate surface area is 179 Å². The van der Waals surface area contributed by atoms with E-state index in [0.29, 0.717) is 5.92 Å². The van der Waals surface area contributed by atoms with Gasteiger partial charge in [-0.25, -0.2) is 0 Å². The first kappa shape index (κ1) is 21.3. The van der Waals surface area contributed by atoms with Crippen LogP contribution in [0.1, 0.15) is 63.4 Å². The van der Waals surface area contributed by atoms with E-state index in [4.69, 9.17) is 11.6 Å². The second kappa shape index (κ2) is 10.4. The fourth-order valence-corrected chi connectivity index (χ4v) is 4.04. The molecule has 0 heterocycles. The zero-order valence-electron chi connectivity index (χ0n) is 17.3. The monoisotopic (exact) mass is 404 g/mol. The summed E-state index contributed by atoms with van der Waals surface area (Å²) in [4.78, 5) is 10.8.